The molecule has 4 rings (SSSR count). The van der Waals surface area contributed by atoms with Crippen molar-refractivity contribution in [3.8, 4) is 0 Å². The summed E-state index contributed by atoms with van der Waals surface area (Å²) in [6, 6.07) is 18.2. The Labute approximate surface area is 279 Å². The van der Waals surface area contributed by atoms with Crippen LogP contribution in [-0.2, 0) is 42.3 Å². The summed E-state index contributed by atoms with van der Waals surface area (Å²) < 4.78 is 38.7. The summed E-state index contributed by atoms with van der Waals surface area (Å²) in [5.74, 6) is -2.75. The molecule has 0 aromatic heterocycles. The zero-order valence-electron chi connectivity index (χ0n) is 26.8. The number of fused-ring (bicyclic) bond motifs is 1. The third-order valence-electron chi connectivity index (χ3n) is 8.14. The molecule has 258 valence electrons. The Bertz CT molecular complexity index is 1700. The van der Waals surface area contributed by atoms with Gasteiger partial charge in [-0.2, -0.15) is 8.42 Å². The Morgan fingerprint density at radius 3 is 2.25 bits per heavy atom. The molecular formula is C34H42N4O9S. The standard InChI is InChI=1S/C34H42N4O9S/c1-21(2)17-27(31(40)37-29(33(42)48(44,45)46)19-25-15-16-35-30(25)39)36-32(41)28(38-34(43)47-20-22-9-4-3-5-10-22)18-24-13-8-12-23-11-6-7-14-26(23)24/h3-14,21,25,27-29,33,42H,15-20H2,1-2H3,(H,35,39)(H,36,41)(H,37,40)(H,38,43)(H,44,45,46)/t25-,27-,28-,29-,33?/m0/s1. The highest BCUT2D eigenvalue weighted by molar-refractivity contribution is 7.86. The average Bonchev–Trinajstić information content (AvgIpc) is 3.46. The minimum atomic E-state index is -5.02. The highest BCUT2D eigenvalue weighted by Gasteiger charge is 2.38. The molecule has 0 radical (unpaired) electrons. The van der Waals surface area contributed by atoms with E-state index in [2.05, 4.69) is 21.3 Å². The molecule has 6 N–H and O–H groups in total. The van der Waals surface area contributed by atoms with E-state index in [-0.39, 0.29) is 37.7 Å². The molecule has 1 fully saturated rings. The van der Waals surface area contributed by atoms with Gasteiger partial charge in [-0.3, -0.25) is 18.9 Å². The van der Waals surface area contributed by atoms with Gasteiger partial charge in [0.1, 0.15) is 18.7 Å². The van der Waals surface area contributed by atoms with Gasteiger partial charge in [-0.1, -0.05) is 86.6 Å². The summed E-state index contributed by atoms with van der Waals surface area (Å²) in [6.45, 7) is 3.93. The van der Waals surface area contributed by atoms with Gasteiger partial charge in [-0.25, -0.2) is 4.79 Å². The third-order valence-corrected chi connectivity index (χ3v) is 9.08. The molecule has 14 heteroatoms. The molecule has 13 nitrogen and oxygen atoms in total. The average molecular weight is 683 g/mol. The molecule has 1 aliphatic heterocycles. The zero-order valence-corrected chi connectivity index (χ0v) is 27.6. The molecule has 5 atom stereocenters. The SMILES string of the molecule is CC(C)C[C@H](NC(=O)[C@H](Cc1cccc2ccccc12)NC(=O)OCc1ccccc1)C(=O)N[C@@H](C[C@@H]1CCNC1=O)C(O)S(=O)(=O)O. The van der Waals surface area contributed by atoms with Crippen LogP contribution < -0.4 is 21.3 Å². The molecule has 0 saturated carbocycles. The number of hydrogen-bond acceptors (Lipinski definition) is 8. The summed E-state index contributed by atoms with van der Waals surface area (Å²) in [6.07, 6.45) is -0.618. The topological polar surface area (TPSA) is 200 Å². The molecule has 1 aliphatic rings. The lowest BCUT2D eigenvalue weighted by Gasteiger charge is -2.28. The van der Waals surface area contributed by atoms with Crippen molar-refractivity contribution in [2.24, 2.45) is 11.8 Å². The minimum absolute atomic E-state index is 0.0375. The van der Waals surface area contributed by atoms with E-state index < -0.39 is 57.5 Å². The van der Waals surface area contributed by atoms with Crippen LogP contribution in [0.2, 0.25) is 0 Å². The van der Waals surface area contributed by atoms with E-state index in [1.807, 2.05) is 62.4 Å². The van der Waals surface area contributed by atoms with Crippen molar-refractivity contribution >= 4 is 44.7 Å². The fourth-order valence-corrected chi connectivity index (χ4v) is 6.29. The zero-order chi connectivity index (χ0) is 34.8. The van der Waals surface area contributed by atoms with E-state index in [1.54, 1.807) is 24.3 Å². The molecule has 3 aromatic carbocycles. The van der Waals surface area contributed by atoms with Crippen molar-refractivity contribution in [3.05, 3.63) is 83.9 Å². The first-order valence-electron chi connectivity index (χ1n) is 15.8. The minimum Gasteiger partial charge on any atom is -0.445 e. The highest BCUT2D eigenvalue weighted by atomic mass is 32.2. The van der Waals surface area contributed by atoms with Gasteiger partial charge in [0.15, 0.2) is 0 Å². The molecular weight excluding hydrogens is 640 g/mol. The van der Waals surface area contributed by atoms with Crippen LogP contribution in [-0.4, -0.2) is 72.0 Å². The molecule has 0 aliphatic carbocycles. The van der Waals surface area contributed by atoms with E-state index in [0.717, 1.165) is 21.9 Å². The first-order chi connectivity index (χ1) is 22.8. The molecule has 1 heterocycles. The second kappa shape index (κ2) is 16.5. The second-order valence-electron chi connectivity index (χ2n) is 12.3. The Hall–Kier alpha value is -4.53. The summed E-state index contributed by atoms with van der Waals surface area (Å²) in [5.41, 5.74) is -0.911. The monoisotopic (exact) mass is 682 g/mol. The van der Waals surface area contributed by atoms with E-state index in [0.29, 0.717) is 13.0 Å². The van der Waals surface area contributed by atoms with E-state index in [9.17, 15) is 37.3 Å². The number of nitrogens with one attached hydrogen (secondary N) is 4. The molecule has 1 saturated heterocycles. The number of ether oxygens (including phenoxy) is 1. The van der Waals surface area contributed by atoms with Crippen LogP contribution in [0.5, 0.6) is 0 Å². The van der Waals surface area contributed by atoms with E-state index in [4.69, 9.17) is 4.74 Å². The van der Waals surface area contributed by atoms with Crippen molar-refractivity contribution in [2.75, 3.05) is 6.54 Å². The van der Waals surface area contributed by atoms with Crippen LogP contribution in [0.4, 0.5) is 4.79 Å². The molecule has 48 heavy (non-hydrogen) atoms. The van der Waals surface area contributed by atoms with Crippen LogP contribution in [0.15, 0.2) is 72.8 Å². The summed E-state index contributed by atoms with van der Waals surface area (Å²) in [7, 11) is -5.02. The molecule has 3 aromatic rings. The normalized spacial score (nSPS) is 17.2. The van der Waals surface area contributed by atoms with Gasteiger partial charge in [0.05, 0.1) is 6.04 Å². The van der Waals surface area contributed by atoms with Crippen LogP contribution >= 0.6 is 0 Å². The summed E-state index contributed by atoms with van der Waals surface area (Å²) in [4.78, 5) is 52.7. The Morgan fingerprint density at radius 1 is 0.917 bits per heavy atom. The van der Waals surface area contributed by atoms with E-state index in [1.165, 1.54) is 0 Å². The van der Waals surface area contributed by atoms with Crippen molar-refractivity contribution in [1.29, 1.82) is 0 Å². The van der Waals surface area contributed by atoms with Gasteiger partial charge in [-0.05, 0) is 47.1 Å². The maximum absolute atomic E-state index is 13.9. The van der Waals surface area contributed by atoms with Crippen molar-refractivity contribution in [1.82, 2.24) is 21.3 Å². The van der Waals surface area contributed by atoms with Crippen LogP contribution in [0.3, 0.4) is 0 Å². The van der Waals surface area contributed by atoms with Crippen molar-refractivity contribution in [3.63, 3.8) is 0 Å². The number of alkyl carbamates (subject to hydrolysis) is 1. The highest BCUT2D eigenvalue weighted by Crippen LogP contribution is 2.22. The Morgan fingerprint density at radius 2 is 1.58 bits per heavy atom. The number of amides is 4. The number of benzene rings is 3. The molecule has 0 spiro atoms. The number of carbonyl (C=O) groups excluding carboxylic acids is 4. The summed E-state index contributed by atoms with van der Waals surface area (Å²) in [5, 5.41) is 22.6. The quantitative estimate of drug-likeness (QED) is 0.130. The number of aliphatic hydroxyl groups excluding tert-OH is 1. The lowest BCUT2D eigenvalue weighted by molar-refractivity contribution is -0.131. The van der Waals surface area contributed by atoms with Gasteiger partial charge in [0, 0.05) is 18.9 Å². The number of hydrogen-bond donors (Lipinski definition) is 6. The first-order valence-corrected chi connectivity index (χ1v) is 17.3. The maximum atomic E-state index is 13.9. The number of aliphatic hydroxyl groups is 1. The Balaban J connectivity index is 1.56. The van der Waals surface area contributed by atoms with Gasteiger partial charge in [-0.15, -0.1) is 0 Å². The van der Waals surface area contributed by atoms with Gasteiger partial charge in [0.25, 0.3) is 10.1 Å². The number of rotatable bonds is 15. The maximum Gasteiger partial charge on any atom is 0.408 e. The Kier molecular flexibility index (Phi) is 12.5. The largest absolute Gasteiger partial charge is 0.445 e. The predicted octanol–water partition coefficient (Wildman–Crippen LogP) is 2.43. The predicted molar refractivity (Wildman–Crippen MR) is 178 cm³/mol. The smallest absolute Gasteiger partial charge is 0.408 e. The number of carbonyl (C=O) groups is 4. The molecule has 0 bridgehead atoms. The third kappa shape index (κ3) is 10.2. The van der Waals surface area contributed by atoms with Gasteiger partial charge < -0.3 is 31.1 Å². The van der Waals surface area contributed by atoms with Crippen molar-refractivity contribution in [2.45, 2.75) is 69.7 Å². The molecule has 4 amide bonds. The second-order valence-corrected chi connectivity index (χ2v) is 13.8. The van der Waals surface area contributed by atoms with Gasteiger partial charge in [0.2, 0.25) is 23.2 Å². The van der Waals surface area contributed by atoms with Crippen LogP contribution in [0.1, 0.15) is 44.2 Å². The summed E-state index contributed by atoms with van der Waals surface area (Å²) >= 11 is 0. The fraction of sp³-hybridized carbons (Fsp3) is 0.412. The van der Waals surface area contributed by atoms with Gasteiger partial charge >= 0.3 is 6.09 Å². The van der Waals surface area contributed by atoms with Crippen LogP contribution in [0.25, 0.3) is 10.8 Å². The molecule has 1 unspecified atom stereocenters. The van der Waals surface area contributed by atoms with E-state index >= 15 is 0 Å². The van der Waals surface area contributed by atoms with Crippen molar-refractivity contribution < 1.29 is 42.0 Å². The van der Waals surface area contributed by atoms with Crippen LogP contribution in [0, 0.1) is 11.8 Å². The fourth-order valence-electron chi connectivity index (χ4n) is 5.70. The lowest BCUT2D eigenvalue weighted by Crippen LogP contribution is -2.57. The first kappa shape index (κ1) is 36.3. The lowest BCUT2D eigenvalue weighted by atomic mass is 9.96.